The van der Waals surface area contributed by atoms with Crippen molar-refractivity contribution >= 4 is 5.91 Å². The Labute approximate surface area is 140 Å². The number of hydrogen-bond donors (Lipinski definition) is 0. The van der Waals surface area contributed by atoms with Gasteiger partial charge in [-0.1, -0.05) is 6.07 Å². The van der Waals surface area contributed by atoms with Crippen LogP contribution in [0, 0.1) is 23.2 Å². The van der Waals surface area contributed by atoms with Gasteiger partial charge in [0.1, 0.15) is 0 Å². The zero-order valence-electron chi connectivity index (χ0n) is 13.3. The van der Waals surface area contributed by atoms with Gasteiger partial charge in [-0.2, -0.15) is 10.4 Å². The molecule has 2 aromatic rings. The van der Waals surface area contributed by atoms with E-state index in [2.05, 4.69) is 11.2 Å². The van der Waals surface area contributed by atoms with Gasteiger partial charge in [0, 0.05) is 32.5 Å². The summed E-state index contributed by atoms with van der Waals surface area (Å²) >= 11 is 0. The molecule has 3 heterocycles. The van der Waals surface area contributed by atoms with Gasteiger partial charge in [-0.05, 0) is 42.5 Å². The molecular weight excluding hydrogens is 304 g/mol. The van der Waals surface area contributed by atoms with Crippen LogP contribution in [-0.4, -0.2) is 46.9 Å². The Balaban J connectivity index is 1.43. The largest absolute Gasteiger partial charge is 0.381 e. The average molecular weight is 322 g/mol. The lowest BCUT2D eigenvalue weighted by Gasteiger charge is -2.41. The first-order valence-electron chi connectivity index (χ1n) is 8.18. The van der Waals surface area contributed by atoms with E-state index in [0.29, 0.717) is 23.1 Å². The molecule has 1 unspecified atom stereocenters. The molecule has 4 rings (SSSR count). The maximum Gasteiger partial charge on any atom is 0.274 e. The normalized spacial score (nSPS) is 20.6. The minimum atomic E-state index is -0.0275. The summed E-state index contributed by atoms with van der Waals surface area (Å²) < 4.78 is 7.06. The standard InChI is InChI=1S/C18H18N4O2/c19-9-13-2-1-3-16(8-13)22-6-4-17(20-22)18(23)21-10-15(11-21)14-5-7-24-12-14/h1-4,6,8,14-15H,5,7,10-12H2. The summed E-state index contributed by atoms with van der Waals surface area (Å²) in [5, 5.41) is 13.4. The zero-order chi connectivity index (χ0) is 16.5. The van der Waals surface area contributed by atoms with Crippen LogP contribution in [0.2, 0.25) is 0 Å². The smallest absolute Gasteiger partial charge is 0.274 e. The van der Waals surface area contributed by atoms with Crippen LogP contribution in [0.5, 0.6) is 0 Å². The van der Waals surface area contributed by atoms with Gasteiger partial charge in [0.15, 0.2) is 5.69 Å². The van der Waals surface area contributed by atoms with Crippen LogP contribution in [0.25, 0.3) is 5.69 Å². The number of aromatic nitrogens is 2. The quantitative estimate of drug-likeness (QED) is 0.864. The number of likely N-dealkylation sites (tertiary alicyclic amines) is 1. The molecule has 2 saturated heterocycles. The van der Waals surface area contributed by atoms with E-state index in [1.54, 1.807) is 35.1 Å². The molecule has 2 aliphatic rings. The highest BCUT2D eigenvalue weighted by atomic mass is 16.5. The summed E-state index contributed by atoms with van der Waals surface area (Å²) in [4.78, 5) is 14.4. The number of carbonyl (C=O) groups excluding carboxylic acids is 1. The minimum Gasteiger partial charge on any atom is -0.381 e. The number of nitriles is 1. The molecule has 0 spiro atoms. The number of rotatable bonds is 3. The van der Waals surface area contributed by atoms with E-state index >= 15 is 0 Å². The lowest BCUT2D eigenvalue weighted by atomic mass is 9.85. The minimum absolute atomic E-state index is 0.0275. The van der Waals surface area contributed by atoms with E-state index in [1.807, 2.05) is 11.0 Å². The van der Waals surface area contributed by atoms with Crippen LogP contribution in [0.4, 0.5) is 0 Å². The first kappa shape index (κ1) is 14.9. The first-order chi connectivity index (χ1) is 11.7. The number of hydrogen-bond acceptors (Lipinski definition) is 4. The molecule has 1 aromatic heterocycles. The lowest BCUT2D eigenvalue weighted by Crippen LogP contribution is -2.52. The molecule has 24 heavy (non-hydrogen) atoms. The van der Waals surface area contributed by atoms with E-state index in [4.69, 9.17) is 10.00 Å². The Bertz CT molecular complexity index is 795. The Hall–Kier alpha value is -2.65. The third kappa shape index (κ3) is 2.68. The highest BCUT2D eigenvalue weighted by Crippen LogP contribution is 2.30. The van der Waals surface area contributed by atoms with E-state index in [0.717, 1.165) is 38.4 Å². The Morgan fingerprint density at radius 2 is 2.17 bits per heavy atom. The van der Waals surface area contributed by atoms with E-state index < -0.39 is 0 Å². The first-order valence-corrected chi connectivity index (χ1v) is 8.18. The fourth-order valence-electron chi connectivity index (χ4n) is 3.36. The molecule has 0 saturated carbocycles. The second-order valence-corrected chi connectivity index (χ2v) is 6.40. The molecule has 1 amide bonds. The Morgan fingerprint density at radius 1 is 1.29 bits per heavy atom. The van der Waals surface area contributed by atoms with Gasteiger partial charge in [-0.15, -0.1) is 0 Å². The fourth-order valence-corrected chi connectivity index (χ4v) is 3.36. The molecule has 6 heteroatoms. The highest BCUT2D eigenvalue weighted by Gasteiger charge is 2.38. The van der Waals surface area contributed by atoms with Gasteiger partial charge < -0.3 is 9.64 Å². The molecule has 0 aliphatic carbocycles. The topological polar surface area (TPSA) is 71.2 Å². The second kappa shape index (κ2) is 6.10. The number of benzene rings is 1. The zero-order valence-corrected chi connectivity index (χ0v) is 13.3. The monoisotopic (exact) mass is 322 g/mol. The number of carbonyl (C=O) groups is 1. The molecule has 0 radical (unpaired) electrons. The van der Waals surface area contributed by atoms with Crippen molar-refractivity contribution in [3.05, 3.63) is 47.8 Å². The van der Waals surface area contributed by atoms with Gasteiger partial charge in [-0.3, -0.25) is 4.79 Å². The molecule has 6 nitrogen and oxygen atoms in total. The second-order valence-electron chi connectivity index (χ2n) is 6.40. The van der Waals surface area contributed by atoms with Crippen LogP contribution >= 0.6 is 0 Å². The number of nitrogens with zero attached hydrogens (tertiary/aromatic N) is 4. The maximum absolute atomic E-state index is 12.5. The average Bonchev–Trinajstić information content (AvgIpc) is 3.25. The van der Waals surface area contributed by atoms with Gasteiger partial charge in [-0.25, -0.2) is 4.68 Å². The van der Waals surface area contributed by atoms with Crippen molar-refractivity contribution in [1.29, 1.82) is 5.26 Å². The summed E-state index contributed by atoms with van der Waals surface area (Å²) in [5.74, 6) is 1.13. The Kier molecular flexibility index (Phi) is 3.79. The van der Waals surface area contributed by atoms with Gasteiger partial charge in [0.2, 0.25) is 0 Å². The van der Waals surface area contributed by atoms with Crippen LogP contribution < -0.4 is 0 Å². The molecule has 1 aromatic carbocycles. The molecule has 1 atom stereocenters. The molecule has 122 valence electrons. The fraction of sp³-hybridized carbons (Fsp3) is 0.389. The lowest BCUT2D eigenvalue weighted by molar-refractivity contribution is 0.0336. The molecule has 0 N–H and O–H groups in total. The molecule has 2 aliphatic heterocycles. The molecular formula is C18H18N4O2. The SMILES string of the molecule is N#Cc1cccc(-n2ccc(C(=O)N3CC(C4CCOC4)C3)n2)c1. The summed E-state index contributed by atoms with van der Waals surface area (Å²) in [6.07, 6.45) is 2.86. The highest BCUT2D eigenvalue weighted by molar-refractivity contribution is 5.92. The van der Waals surface area contributed by atoms with Crippen LogP contribution in [-0.2, 0) is 4.74 Å². The molecule has 2 fully saturated rings. The number of amides is 1. The summed E-state index contributed by atoms with van der Waals surface area (Å²) in [7, 11) is 0. The van der Waals surface area contributed by atoms with Crippen LogP contribution in [0.15, 0.2) is 36.5 Å². The van der Waals surface area contributed by atoms with Crippen molar-refractivity contribution < 1.29 is 9.53 Å². The van der Waals surface area contributed by atoms with Crippen LogP contribution in [0.3, 0.4) is 0 Å². The third-order valence-corrected chi connectivity index (χ3v) is 4.88. The van der Waals surface area contributed by atoms with Gasteiger partial charge in [0.05, 0.1) is 17.3 Å². The Morgan fingerprint density at radius 3 is 2.92 bits per heavy atom. The van der Waals surface area contributed by atoms with Crippen molar-refractivity contribution in [1.82, 2.24) is 14.7 Å². The summed E-state index contributed by atoms with van der Waals surface area (Å²) in [6.45, 7) is 3.27. The predicted octanol–water partition coefficient (Wildman–Crippen LogP) is 1.85. The predicted molar refractivity (Wildman–Crippen MR) is 86.6 cm³/mol. The van der Waals surface area contributed by atoms with E-state index in [-0.39, 0.29) is 5.91 Å². The van der Waals surface area contributed by atoms with Gasteiger partial charge in [0.25, 0.3) is 5.91 Å². The number of ether oxygens (including phenoxy) is 1. The maximum atomic E-state index is 12.5. The van der Waals surface area contributed by atoms with Crippen molar-refractivity contribution in [2.75, 3.05) is 26.3 Å². The summed E-state index contributed by atoms with van der Waals surface area (Å²) in [5.41, 5.74) is 1.79. The molecule has 0 bridgehead atoms. The summed E-state index contributed by atoms with van der Waals surface area (Å²) in [6, 6.07) is 11.0. The van der Waals surface area contributed by atoms with Crippen LogP contribution in [0.1, 0.15) is 22.5 Å². The van der Waals surface area contributed by atoms with Crippen molar-refractivity contribution in [3.63, 3.8) is 0 Å². The van der Waals surface area contributed by atoms with E-state index in [9.17, 15) is 4.79 Å². The van der Waals surface area contributed by atoms with Crippen molar-refractivity contribution in [2.45, 2.75) is 6.42 Å². The van der Waals surface area contributed by atoms with Gasteiger partial charge >= 0.3 is 0 Å². The van der Waals surface area contributed by atoms with E-state index in [1.165, 1.54) is 0 Å². The third-order valence-electron chi connectivity index (χ3n) is 4.88. The van der Waals surface area contributed by atoms with Crippen molar-refractivity contribution in [3.8, 4) is 11.8 Å². The van der Waals surface area contributed by atoms with Crippen molar-refractivity contribution in [2.24, 2.45) is 11.8 Å².